The van der Waals surface area contributed by atoms with Gasteiger partial charge in [-0.25, -0.2) is 0 Å². The highest BCUT2D eigenvalue weighted by Crippen LogP contribution is 2.30. The first-order chi connectivity index (χ1) is 8.10. The van der Waals surface area contributed by atoms with Crippen LogP contribution in [0.1, 0.15) is 12.5 Å². The number of hydrogen-bond acceptors (Lipinski definition) is 4. The maximum Gasteiger partial charge on any atom is 0.162 e. The van der Waals surface area contributed by atoms with Gasteiger partial charge in [-0.2, -0.15) is 0 Å². The molecule has 0 aliphatic rings. The van der Waals surface area contributed by atoms with Gasteiger partial charge in [0.05, 0.1) is 13.7 Å². The average molecular weight is 239 g/mol. The van der Waals surface area contributed by atoms with E-state index in [1.165, 1.54) is 0 Å². The van der Waals surface area contributed by atoms with E-state index in [1.807, 2.05) is 19.2 Å². The van der Waals surface area contributed by atoms with Crippen molar-refractivity contribution in [2.45, 2.75) is 19.5 Å². The first kappa shape index (κ1) is 13.8. The first-order valence-corrected chi connectivity index (χ1v) is 5.64. The van der Waals surface area contributed by atoms with Crippen molar-refractivity contribution >= 4 is 0 Å². The standard InChI is InChI=1S/C13H21NO3/c1-10(9-16-3)14(2)8-11-6-5-7-12(17-4)13(11)15/h5-7,10,15H,8-9H2,1-4H3. The van der Waals surface area contributed by atoms with Crippen molar-refractivity contribution < 1.29 is 14.6 Å². The summed E-state index contributed by atoms with van der Waals surface area (Å²) in [5, 5.41) is 9.97. The molecule has 0 bridgehead atoms. The molecule has 0 heterocycles. The van der Waals surface area contributed by atoms with Gasteiger partial charge >= 0.3 is 0 Å². The van der Waals surface area contributed by atoms with Crippen LogP contribution < -0.4 is 4.74 Å². The Bertz CT molecular complexity index is 355. The maximum atomic E-state index is 9.97. The summed E-state index contributed by atoms with van der Waals surface area (Å²) >= 11 is 0. The molecule has 0 saturated carbocycles. The van der Waals surface area contributed by atoms with Crippen molar-refractivity contribution in [2.75, 3.05) is 27.9 Å². The lowest BCUT2D eigenvalue weighted by atomic mass is 10.1. The second kappa shape index (κ2) is 6.47. The van der Waals surface area contributed by atoms with E-state index in [0.717, 1.165) is 5.56 Å². The molecule has 96 valence electrons. The number of likely N-dealkylation sites (N-methyl/N-ethyl adjacent to an activating group) is 1. The second-order valence-corrected chi connectivity index (χ2v) is 4.19. The average Bonchev–Trinajstić information content (AvgIpc) is 2.32. The SMILES string of the molecule is COCC(C)N(C)Cc1cccc(OC)c1O. The number of phenols is 1. The van der Waals surface area contributed by atoms with E-state index in [0.29, 0.717) is 24.9 Å². The third-order valence-electron chi connectivity index (χ3n) is 2.88. The van der Waals surface area contributed by atoms with Gasteiger partial charge in [0.25, 0.3) is 0 Å². The second-order valence-electron chi connectivity index (χ2n) is 4.19. The van der Waals surface area contributed by atoms with Gasteiger partial charge in [0, 0.05) is 25.3 Å². The van der Waals surface area contributed by atoms with Crippen molar-refractivity contribution in [3.05, 3.63) is 23.8 Å². The number of aromatic hydroxyl groups is 1. The van der Waals surface area contributed by atoms with Crippen molar-refractivity contribution in [1.29, 1.82) is 0 Å². The van der Waals surface area contributed by atoms with E-state index in [2.05, 4.69) is 11.8 Å². The maximum absolute atomic E-state index is 9.97. The highest BCUT2D eigenvalue weighted by Gasteiger charge is 2.13. The summed E-state index contributed by atoms with van der Waals surface area (Å²) in [4.78, 5) is 2.12. The Labute approximate surface area is 103 Å². The molecule has 0 radical (unpaired) electrons. The Morgan fingerprint density at radius 1 is 1.35 bits per heavy atom. The van der Waals surface area contributed by atoms with Gasteiger partial charge in [0.2, 0.25) is 0 Å². The van der Waals surface area contributed by atoms with Gasteiger partial charge in [0.1, 0.15) is 0 Å². The predicted molar refractivity (Wildman–Crippen MR) is 67.5 cm³/mol. The number of phenolic OH excluding ortho intramolecular Hbond substituents is 1. The van der Waals surface area contributed by atoms with Crippen LogP contribution in [0.5, 0.6) is 11.5 Å². The van der Waals surface area contributed by atoms with Crippen molar-refractivity contribution in [2.24, 2.45) is 0 Å². The van der Waals surface area contributed by atoms with E-state index in [9.17, 15) is 5.11 Å². The highest BCUT2D eigenvalue weighted by molar-refractivity contribution is 5.45. The Morgan fingerprint density at radius 2 is 2.06 bits per heavy atom. The molecule has 0 amide bonds. The van der Waals surface area contributed by atoms with Crippen molar-refractivity contribution in [3.63, 3.8) is 0 Å². The predicted octanol–water partition coefficient (Wildman–Crippen LogP) is 1.87. The van der Waals surface area contributed by atoms with Gasteiger partial charge in [-0.15, -0.1) is 0 Å². The molecule has 1 aromatic carbocycles. The number of benzene rings is 1. The largest absolute Gasteiger partial charge is 0.504 e. The summed E-state index contributed by atoms with van der Waals surface area (Å²) in [6.45, 7) is 3.41. The fourth-order valence-corrected chi connectivity index (χ4v) is 1.65. The summed E-state index contributed by atoms with van der Waals surface area (Å²) in [5.41, 5.74) is 0.856. The van der Waals surface area contributed by atoms with Gasteiger partial charge in [-0.05, 0) is 20.0 Å². The van der Waals surface area contributed by atoms with Crippen LogP contribution in [-0.4, -0.2) is 43.9 Å². The van der Waals surface area contributed by atoms with Gasteiger partial charge in [0.15, 0.2) is 11.5 Å². The Hall–Kier alpha value is -1.26. The molecule has 1 rings (SSSR count). The molecule has 0 aromatic heterocycles. The minimum atomic E-state index is 0.214. The van der Waals surface area contributed by atoms with Crippen LogP contribution in [0.15, 0.2) is 18.2 Å². The number of hydrogen-bond donors (Lipinski definition) is 1. The molecule has 0 saturated heterocycles. The Kier molecular flexibility index (Phi) is 5.25. The van der Waals surface area contributed by atoms with Gasteiger partial charge in [-0.1, -0.05) is 12.1 Å². The lowest BCUT2D eigenvalue weighted by molar-refractivity contribution is 0.111. The zero-order chi connectivity index (χ0) is 12.8. The summed E-state index contributed by atoms with van der Waals surface area (Å²) in [5.74, 6) is 0.724. The van der Waals surface area contributed by atoms with Crippen molar-refractivity contribution in [1.82, 2.24) is 4.90 Å². The minimum absolute atomic E-state index is 0.214. The lowest BCUT2D eigenvalue weighted by Crippen LogP contribution is -2.32. The molecule has 4 nitrogen and oxygen atoms in total. The molecule has 0 aliphatic heterocycles. The van der Waals surface area contributed by atoms with Crippen LogP contribution in [0.2, 0.25) is 0 Å². The Morgan fingerprint density at radius 3 is 2.65 bits per heavy atom. The van der Waals surface area contributed by atoms with E-state index >= 15 is 0 Å². The zero-order valence-electron chi connectivity index (χ0n) is 10.9. The molecule has 1 unspecified atom stereocenters. The Balaban J connectivity index is 2.74. The number of para-hydroxylation sites is 1. The zero-order valence-corrected chi connectivity index (χ0v) is 10.9. The number of methoxy groups -OCH3 is 2. The van der Waals surface area contributed by atoms with Crippen LogP contribution in [0.25, 0.3) is 0 Å². The minimum Gasteiger partial charge on any atom is -0.504 e. The van der Waals surface area contributed by atoms with Crippen LogP contribution in [0, 0.1) is 0 Å². The van der Waals surface area contributed by atoms with E-state index in [4.69, 9.17) is 9.47 Å². The smallest absolute Gasteiger partial charge is 0.162 e. The molecule has 17 heavy (non-hydrogen) atoms. The van der Waals surface area contributed by atoms with Crippen LogP contribution in [0.3, 0.4) is 0 Å². The molecule has 4 heteroatoms. The molecule has 1 N–H and O–H groups in total. The fraction of sp³-hybridized carbons (Fsp3) is 0.538. The number of rotatable bonds is 6. The van der Waals surface area contributed by atoms with Crippen LogP contribution >= 0.6 is 0 Å². The molecule has 0 fully saturated rings. The molecule has 0 aliphatic carbocycles. The molecular formula is C13H21NO3. The van der Waals surface area contributed by atoms with E-state index in [-0.39, 0.29) is 5.75 Å². The summed E-state index contributed by atoms with van der Waals surface area (Å²) in [6, 6.07) is 5.82. The third kappa shape index (κ3) is 3.61. The molecule has 1 atom stereocenters. The topological polar surface area (TPSA) is 41.9 Å². The summed E-state index contributed by atoms with van der Waals surface area (Å²) in [7, 11) is 5.24. The summed E-state index contributed by atoms with van der Waals surface area (Å²) < 4.78 is 10.2. The lowest BCUT2D eigenvalue weighted by Gasteiger charge is -2.24. The van der Waals surface area contributed by atoms with Crippen molar-refractivity contribution in [3.8, 4) is 11.5 Å². The first-order valence-electron chi connectivity index (χ1n) is 5.64. The number of ether oxygens (including phenoxy) is 2. The van der Waals surface area contributed by atoms with Gasteiger partial charge in [-0.3, -0.25) is 4.90 Å². The van der Waals surface area contributed by atoms with E-state index in [1.54, 1.807) is 20.3 Å². The molecular weight excluding hydrogens is 218 g/mol. The molecule has 1 aromatic rings. The highest BCUT2D eigenvalue weighted by atomic mass is 16.5. The quantitative estimate of drug-likeness (QED) is 0.823. The third-order valence-corrected chi connectivity index (χ3v) is 2.88. The normalized spacial score (nSPS) is 12.8. The van der Waals surface area contributed by atoms with E-state index < -0.39 is 0 Å². The van der Waals surface area contributed by atoms with Gasteiger partial charge < -0.3 is 14.6 Å². The molecule has 0 spiro atoms. The van der Waals surface area contributed by atoms with Crippen LogP contribution in [0.4, 0.5) is 0 Å². The number of nitrogens with zero attached hydrogens (tertiary/aromatic N) is 1. The summed E-state index contributed by atoms with van der Waals surface area (Å²) in [6.07, 6.45) is 0. The fourth-order valence-electron chi connectivity index (χ4n) is 1.65. The van der Waals surface area contributed by atoms with Crippen LogP contribution in [-0.2, 0) is 11.3 Å². The monoisotopic (exact) mass is 239 g/mol.